The van der Waals surface area contributed by atoms with Gasteiger partial charge in [0.05, 0.1) is 15.7 Å². The quantitative estimate of drug-likeness (QED) is 0.535. The fraction of sp³-hybridized carbons (Fsp3) is 0.133. The molecular formula is C15H10Cl4FN3O3. The molecule has 2 rings (SSSR count). The van der Waals surface area contributed by atoms with E-state index in [0.29, 0.717) is 0 Å². The summed E-state index contributed by atoms with van der Waals surface area (Å²) in [7, 11) is 0. The highest BCUT2D eigenvalue weighted by molar-refractivity contribution is 6.46. The number of nitrogen functional groups attached to an aromatic ring is 1. The van der Waals surface area contributed by atoms with Crippen molar-refractivity contribution in [2.45, 2.75) is 13.0 Å². The fourth-order valence-corrected chi connectivity index (χ4v) is 2.52. The standard InChI is InChI=1S/C15H10Cl4FN3O3/c1-5(14(24)22-6-2-3-8(20)7(16)4-6)26-15(25)12-9(17)11(21)10(18)13(19)23-12/h2-5H,1H3,(H2,21,23)(H,22,24). The van der Waals surface area contributed by atoms with Crippen molar-refractivity contribution in [2.24, 2.45) is 0 Å². The van der Waals surface area contributed by atoms with E-state index >= 15 is 0 Å². The number of carbonyl (C=O) groups is 2. The SMILES string of the molecule is CC(OC(=O)c1nc(Cl)c(Cl)c(N)c1Cl)C(=O)Nc1ccc(F)c(Cl)c1. The molecule has 0 aliphatic heterocycles. The maximum Gasteiger partial charge on any atom is 0.359 e. The van der Waals surface area contributed by atoms with Crippen LogP contribution in [0.3, 0.4) is 0 Å². The molecule has 0 fully saturated rings. The maximum absolute atomic E-state index is 13.1. The van der Waals surface area contributed by atoms with Gasteiger partial charge in [0.1, 0.15) is 10.8 Å². The second-order valence-corrected chi connectivity index (χ2v) is 6.48. The summed E-state index contributed by atoms with van der Waals surface area (Å²) >= 11 is 23.1. The number of nitrogens with two attached hydrogens (primary N) is 1. The van der Waals surface area contributed by atoms with E-state index in [2.05, 4.69) is 10.3 Å². The van der Waals surface area contributed by atoms with Crippen LogP contribution in [-0.2, 0) is 9.53 Å². The van der Waals surface area contributed by atoms with Crippen LogP contribution >= 0.6 is 46.4 Å². The number of nitrogens with zero attached hydrogens (tertiary/aromatic N) is 1. The smallest absolute Gasteiger partial charge is 0.359 e. The zero-order valence-electron chi connectivity index (χ0n) is 12.9. The largest absolute Gasteiger partial charge is 0.448 e. The minimum Gasteiger partial charge on any atom is -0.448 e. The Morgan fingerprint density at radius 2 is 1.88 bits per heavy atom. The highest BCUT2D eigenvalue weighted by Crippen LogP contribution is 2.34. The van der Waals surface area contributed by atoms with Gasteiger partial charge < -0.3 is 15.8 Å². The van der Waals surface area contributed by atoms with E-state index < -0.39 is 23.8 Å². The Morgan fingerprint density at radius 1 is 1.23 bits per heavy atom. The lowest BCUT2D eigenvalue weighted by Crippen LogP contribution is -2.30. The average molecular weight is 441 g/mol. The average Bonchev–Trinajstić information content (AvgIpc) is 2.59. The Labute approximate surface area is 167 Å². The minimum absolute atomic E-state index is 0.104. The first-order chi connectivity index (χ1) is 12.1. The monoisotopic (exact) mass is 439 g/mol. The van der Waals surface area contributed by atoms with Crippen molar-refractivity contribution in [3.63, 3.8) is 0 Å². The van der Waals surface area contributed by atoms with Gasteiger partial charge in [-0.25, -0.2) is 14.2 Å². The topological polar surface area (TPSA) is 94.3 Å². The summed E-state index contributed by atoms with van der Waals surface area (Å²) in [6.45, 7) is 1.31. The number of hydrogen-bond acceptors (Lipinski definition) is 5. The summed E-state index contributed by atoms with van der Waals surface area (Å²) in [5, 5.41) is 1.66. The first kappa shape index (κ1) is 20.5. The van der Waals surface area contributed by atoms with Crippen molar-refractivity contribution in [2.75, 3.05) is 11.1 Å². The summed E-state index contributed by atoms with van der Waals surface area (Å²) in [6.07, 6.45) is -1.24. The van der Waals surface area contributed by atoms with Crippen molar-refractivity contribution in [3.8, 4) is 0 Å². The van der Waals surface area contributed by atoms with Gasteiger partial charge in [0.2, 0.25) is 0 Å². The lowest BCUT2D eigenvalue weighted by atomic mass is 10.3. The van der Waals surface area contributed by atoms with Gasteiger partial charge in [0.15, 0.2) is 17.0 Å². The van der Waals surface area contributed by atoms with Crippen LogP contribution in [0.1, 0.15) is 17.4 Å². The zero-order chi connectivity index (χ0) is 19.6. The highest BCUT2D eigenvalue weighted by atomic mass is 35.5. The lowest BCUT2D eigenvalue weighted by molar-refractivity contribution is -0.123. The molecule has 0 aliphatic carbocycles. The van der Waals surface area contributed by atoms with Gasteiger partial charge in [-0.05, 0) is 25.1 Å². The molecule has 0 aliphatic rings. The van der Waals surface area contributed by atoms with E-state index in [1.807, 2.05) is 0 Å². The molecule has 0 bridgehead atoms. The van der Waals surface area contributed by atoms with Crippen LogP contribution < -0.4 is 11.1 Å². The van der Waals surface area contributed by atoms with E-state index in [0.717, 1.165) is 6.07 Å². The summed E-state index contributed by atoms with van der Waals surface area (Å²) in [5.41, 5.74) is 5.32. The number of pyridine rings is 1. The predicted octanol–water partition coefficient (Wildman–Crippen LogP) is 4.60. The van der Waals surface area contributed by atoms with Gasteiger partial charge >= 0.3 is 5.97 Å². The second kappa shape index (κ2) is 8.26. The van der Waals surface area contributed by atoms with Crippen LogP contribution in [0.5, 0.6) is 0 Å². The van der Waals surface area contributed by atoms with Crippen molar-refractivity contribution < 1.29 is 18.7 Å². The van der Waals surface area contributed by atoms with E-state index in [-0.39, 0.29) is 37.3 Å². The van der Waals surface area contributed by atoms with E-state index in [1.165, 1.54) is 19.1 Å². The summed E-state index contributed by atoms with van der Waals surface area (Å²) in [5.74, 6) is -2.35. The molecular weight excluding hydrogens is 431 g/mol. The fourth-order valence-electron chi connectivity index (χ4n) is 1.75. The Morgan fingerprint density at radius 3 is 2.50 bits per heavy atom. The Kier molecular flexibility index (Phi) is 6.52. The normalized spacial score (nSPS) is 11.8. The number of rotatable bonds is 4. The van der Waals surface area contributed by atoms with Gasteiger partial charge in [0, 0.05) is 5.69 Å². The van der Waals surface area contributed by atoms with Crippen molar-refractivity contribution in [3.05, 3.63) is 49.9 Å². The third kappa shape index (κ3) is 4.48. The van der Waals surface area contributed by atoms with Crippen LogP contribution in [0, 0.1) is 5.82 Å². The molecule has 1 heterocycles. The van der Waals surface area contributed by atoms with Crippen LogP contribution in [0.2, 0.25) is 20.2 Å². The molecule has 1 aromatic heterocycles. The van der Waals surface area contributed by atoms with E-state index in [1.54, 1.807) is 0 Å². The van der Waals surface area contributed by atoms with E-state index in [9.17, 15) is 14.0 Å². The highest BCUT2D eigenvalue weighted by Gasteiger charge is 2.25. The predicted molar refractivity (Wildman–Crippen MR) is 98.6 cm³/mol. The van der Waals surface area contributed by atoms with Gasteiger partial charge in [-0.3, -0.25) is 4.79 Å². The van der Waals surface area contributed by atoms with Crippen molar-refractivity contribution >= 4 is 69.7 Å². The molecule has 1 unspecified atom stereocenters. The number of benzene rings is 1. The molecule has 6 nitrogen and oxygen atoms in total. The van der Waals surface area contributed by atoms with Crippen molar-refractivity contribution in [1.82, 2.24) is 4.98 Å². The minimum atomic E-state index is -1.24. The number of anilines is 2. The molecule has 1 aromatic carbocycles. The van der Waals surface area contributed by atoms with Crippen LogP contribution in [-0.4, -0.2) is 23.0 Å². The maximum atomic E-state index is 13.1. The molecule has 26 heavy (non-hydrogen) atoms. The number of carbonyl (C=O) groups excluding carboxylic acids is 2. The number of nitrogens with one attached hydrogen (secondary N) is 1. The molecule has 2 aromatic rings. The van der Waals surface area contributed by atoms with Crippen LogP contribution in [0.15, 0.2) is 18.2 Å². The van der Waals surface area contributed by atoms with Gasteiger partial charge in [-0.1, -0.05) is 46.4 Å². The number of aromatic nitrogens is 1. The Bertz CT molecular complexity index is 895. The zero-order valence-corrected chi connectivity index (χ0v) is 16.0. The number of halogens is 5. The molecule has 0 spiro atoms. The van der Waals surface area contributed by atoms with Crippen LogP contribution in [0.25, 0.3) is 0 Å². The Hall–Kier alpha value is -1.80. The third-order valence-electron chi connectivity index (χ3n) is 3.11. The molecule has 0 radical (unpaired) electrons. The molecule has 0 saturated carbocycles. The lowest BCUT2D eigenvalue weighted by Gasteiger charge is -2.15. The van der Waals surface area contributed by atoms with Gasteiger partial charge in [-0.15, -0.1) is 0 Å². The molecule has 11 heteroatoms. The number of ether oxygens (including phenoxy) is 1. The number of esters is 1. The molecule has 1 atom stereocenters. The summed E-state index contributed by atoms with van der Waals surface area (Å²) < 4.78 is 18.1. The molecule has 138 valence electrons. The third-order valence-corrected chi connectivity index (χ3v) is 4.53. The second-order valence-electron chi connectivity index (χ2n) is 4.96. The number of hydrogen-bond donors (Lipinski definition) is 2. The van der Waals surface area contributed by atoms with Crippen molar-refractivity contribution in [1.29, 1.82) is 0 Å². The molecule has 1 amide bonds. The first-order valence-electron chi connectivity index (χ1n) is 6.88. The molecule has 0 saturated heterocycles. The first-order valence-corrected chi connectivity index (χ1v) is 8.39. The van der Waals surface area contributed by atoms with Gasteiger partial charge in [0.25, 0.3) is 5.91 Å². The summed E-state index contributed by atoms with van der Waals surface area (Å²) in [6, 6.07) is 3.59. The summed E-state index contributed by atoms with van der Waals surface area (Å²) in [4.78, 5) is 28.0. The van der Waals surface area contributed by atoms with Gasteiger partial charge in [-0.2, -0.15) is 0 Å². The number of amides is 1. The van der Waals surface area contributed by atoms with E-state index in [4.69, 9.17) is 56.9 Å². The molecule has 3 N–H and O–H groups in total. The Balaban J connectivity index is 2.11. The van der Waals surface area contributed by atoms with Crippen LogP contribution in [0.4, 0.5) is 15.8 Å².